The Hall–Kier alpha value is -2.50. The lowest BCUT2D eigenvalue weighted by Gasteiger charge is -2.33. The second-order valence-corrected chi connectivity index (χ2v) is 12.3. The molecule has 0 unspecified atom stereocenters. The van der Waals surface area contributed by atoms with E-state index in [1.807, 2.05) is 0 Å². The van der Waals surface area contributed by atoms with Crippen molar-refractivity contribution >= 4 is 50.7 Å². The summed E-state index contributed by atoms with van der Waals surface area (Å²) in [6, 6.07) is 7.80. The average Bonchev–Trinajstić information content (AvgIpc) is 2.86. The summed E-state index contributed by atoms with van der Waals surface area (Å²) < 4.78 is 66.0. The molecule has 0 radical (unpaired) electrons. The summed E-state index contributed by atoms with van der Waals surface area (Å²) in [5.74, 6) is -1.24. The van der Waals surface area contributed by atoms with Crippen LogP contribution >= 0.6 is 23.2 Å². The third-order valence-electron chi connectivity index (χ3n) is 6.64. The maximum atomic E-state index is 13.7. The number of nitrogens with one attached hydrogen (secondary N) is 1. The van der Waals surface area contributed by atoms with E-state index in [9.17, 15) is 31.2 Å². The van der Waals surface area contributed by atoms with Crippen LogP contribution in [0.5, 0.6) is 0 Å². The molecular formula is C26H30Cl2F3N3O4S. The zero-order valence-electron chi connectivity index (χ0n) is 21.5. The molecule has 0 aliphatic heterocycles. The Kier molecular flexibility index (Phi) is 10.2. The first-order chi connectivity index (χ1) is 18.2. The van der Waals surface area contributed by atoms with Gasteiger partial charge in [-0.15, -0.1) is 0 Å². The second-order valence-electron chi connectivity index (χ2n) is 9.57. The van der Waals surface area contributed by atoms with Crippen molar-refractivity contribution in [2.75, 3.05) is 17.1 Å². The SMILES string of the molecule is C[C@@H](C(=O)NC1CCCCC1)N(Cc1ccccc1Cl)C(=O)CN(c1cc(C(F)(F)F)ccc1Cl)S(C)(=O)=O. The van der Waals surface area contributed by atoms with Crippen LogP contribution < -0.4 is 9.62 Å². The number of sulfonamides is 1. The van der Waals surface area contributed by atoms with Crippen LogP contribution in [0.25, 0.3) is 0 Å². The van der Waals surface area contributed by atoms with Crippen molar-refractivity contribution < 1.29 is 31.2 Å². The van der Waals surface area contributed by atoms with Gasteiger partial charge in [-0.1, -0.05) is 60.7 Å². The zero-order valence-corrected chi connectivity index (χ0v) is 23.8. The molecule has 1 N–H and O–H groups in total. The van der Waals surface area contributed by atoms with Crippen molar-refractivity contribution in [2.24, 2.45) is 0 Å². The van der Waals surface area contributed by atoms with E-state index in [2.05, 4.69) is 5.32 Å². The first-order valence-electron chi connectivity index (χ1n) is 12.4. The number of carbonyl (C=O) groups is 2. The van der Waals surface area contributed by atoms with Gasteiger partial charge in [-0.2, -0.15) is 13.2 Å². The quantitative estimate of drug-likeness (QED) is 0.399. The minimum atomic E-state index is -4.77. The molecule has 2 amide bonds. The summed E-state index contributed by atoms with van der Waals surface area (Å²) in [7, 11) is -4.27. The number of carbonyl (C=O) groups excluding carboxylic acids is 2. The van der Waals surface area contributed by atoms with Crippen LogP contribution in [-0.4, -0.2) is 50.0 Å². The Balaban J connectivity index is 1.96. The van der Waals surface area contributed by atoms with Crippen LogP contribution in [0.3, 0.4) is 0 Å². The second kappa shape index (κ2) is 12.8. The van der Waals surface area contributed by atoms with Crippen LogP contribution in [0.1, 0.15) is 50.2 Å². The van der Waals surface area contributed by atoms with Crippen molar-refractivity contribution in [1.29, 1.82) is 0 Å². The average molecular weight is 609 g/mol. The normalized spacial score (nSPS) is 15.5. The Morgan fingerprint density at radius 2 is 1.69 bits per heavy atom. The molecule has 1 fully saturated rings. The standard InChI is InChI=1S/C26H30Cl2F3N3O4S/c1-17(25(36)32-20-9-4-3-5-10-20)33(15-18-8-6-7-11-21(18)27)24(35)16-34(39(2,37)38)23-14-19(26(29,30)31)12-13-22(23)28/h6-8,11-14,17,20H,3-5,9-10,15-16H2,1-2H3,(H,32,36)/t17-/m0/s1. The van der Waals surface area contributed by atoms with Crippen LogP contribution in [0, 0.1) is 0 Å². The third kappa shape index (κ3) is 8.25. The molecule has 0 saturated heterocycles. The first kappa shape index (κ1) is 31.0. The number of nitrogens with zero attached hydrogens (tertiary/aromatic N) is 2. The molecule has 3 rings (SSSR count). The highest BCUT2D eigenvalue weighted by atomic mass is 35.5. The number of benzene rings is 2. The minimum Gasteiger partial charge on any atom is -0.352 e. The molecule has 1 aliphatic rings. The largest absolute Gasteiger partial charge is 0.416 e. The molecule has 1 saturated carbocycles. The molecule has 7 nitrogen and oxygen atoms in total. The Morgan fingerprint density at radius 3 is 2.28 bits per heavy atom. The fourth-order valence-corrected chi connectivity index (χ4v) is 5.75. The molecule has 39 heavy (non-hydrogen) atoms. The first-order valence-corrected chi connectivity index (χ1v) is 15.0. The van der Waals surface area contributed by atoms with Gasteiger partial charge < -0.3 is 10.2 Å². The van der Waals surface area contributed by atoms with Gasteiger partial charge in [0.25, 0.3) is 0 Å². The lowest BCUT2D eigenvalue weighted by molar-refractivity contribution is -0.139. The van der Waals surface area contributed by atoms with Gasteiger partial charge in [0.15, 0.2) is 0 Å². The van der Waals surface area contributed by atoms with Crippen LogP contribution in [-0.2, 0) is 32.3 Å². The highest BCUT2D eigenvalue weighted by Gasteiger charge is 2.35. The molecule has 0 aromatic heterocycles. The van der Waals surface area contributed by atoms with Gasteiger partial charge in [0.05, 0.1) is 22.5 Å². The summed E-state index contributed by atoms with van der Waals surface area (Å²) in [5.41, 5.74) is -1.12. The number of rotatable bonds is 9. The number of halogens is 5. The van der Waals surface area contributed by atoms with E-state index in [1.165, 1.54) is 11.8 Å². The van der Waals surface area contributed by atoms with Gasteiger partial charge in [0.2, 0.25) is 21.8 Å². The van der Waals surface area contributed by atoms with Crippen molar-refractivity contribution in [3.05, 3.63) is 63.6 Å². The highest BCUT2D eigenvalue weighted by Crippen LogP contribution is 2.36. The van der Waals surface area contributed by atoms with Crippen molar-refractivity contribution in [3.63, 3.8) is 0 Å². The lowest BCUT2D eigenvalue weighted by Crippen LogP contribution is -2.53. The zero-order chi connectivity index (χ0) is 29.0. The molecule has 214 valence electrons. The van der Waals surface area contributed by atoms with Gasteiger partial charge in [-0.25, -0.2) is 8.42 Å². The monoisotopic (exact) mass is 607 g/mol. The van der Waals surface area contributed by atoms with Crippen LogP contribution in [0.4, 0.5) is 18.9 Å². The molecule has 0 bridgehead atoms. The molecule has 1 atom stereocenters. The summed E-state index contributed by atoms with van der Waals surface area (Å²) >= 11 is 12.4. The molecule has 2 aromatic carbocycles. The van der Waals surface area contributed by atoms with E-state index in [0.29, 0.717) is 21.0 Å². The Bertz CT molecular complexity index is 1300. The fraction of sp³-hybridized carbons (Fsp3) is 0.462. The van der Waals surface area contributed by atoms with E-state index in [-0.39, 0.29) is 17.6 Å². The predicted molar refractivity (Wildman–Crippen MR) is 145 cm³/mol. The topological polar surface area (TPSA) is 86.8 Å². The highest BCUT2D eigenvalue weighted by molar-refractivity contribution is 7.92. The number of amides is 2. The van der Waals surface area contributed by atoms with E-state index in [0.717, 1.165) is 50.5 Å². The number of hydrogen-bond donors (Lipinski definition) is 1. The van der Waals surface area contributed by atoms with E-state index in [4.69, 9.17) is 23.2 Å². The molecule has 13 heteroatoms. The molecule has 1 aliphatic carbocycles. The summed E-state index contributed by atoms with van der Waals surface area (Å²) in [6.45, 7) is 0.492. The van der Waals surface area contributed by atoms with Crippen molar-refractivity contribution in [1.82, 2.24) is 10.2 Å². The van der Waals surface area contributed by atoms with Gasteiger partial charge in [0.1, 0.15) is 12.6 Å². The van der Waals surface area contributed by atoms with E-state index < -0.39 is 51.9 Å². The molecule has 2 aromatic rings. The predicted octanol–water partition coefficient (Wildman–Crippen LogP) is 5.64. The summed E-state index contributed by atoms with van der Waals surface area (Å²) in [5, 5.41) is 3.00. The van der Waals surface area contributed by atoms with E-state index >= 15 is 0 Å². The van der Waals surface area contributed by atoms with Gasteiger partial charge in [0, 0.05) is 17.6 Å². The molecule has 0 spiro atoms. The molecule has 0 heterocycles. The third-order valence-corrected chi connectivity index (χ3v) is 8.45. The maximum absolute atomic E-state index is 13.7. The minimum absolute atomic E-state index is 0.0394. The maximum Gasteiger partial charge on any atom is 0.416 e. The number of anilines is 1. The van der Waals surface area contributed by atoms with Crippen molar-refractivity contribution in [2.45, 2.75) is 63.8 Å². The van der Waals surface area contributed by atoms with Gasteiger partial charge in [-0.05, 0) is 49.6 Å². The fourth-order valence-electron chi connectivity index (χ4n) is 4.44. The van der Waals surface area contributed by atoms with Crippen LogP contribution in [0.2, 0.25) is 10.0 Å². The van der Waals surface area contributed by atoms with Crippen molar-refractivity contribution in [3.8, 4) is 0 Å². The summed E-state index contributed by atoms with van der Waals surface area (Å²) in [4.78, 5) is 28.0. The smallest absolute Gasteiger partial charge is 0.352 e. The van der Waals surface area contributed by atoms with E-state index in [1.54, 1.807) is 24.3 Å². The van der Waals surface area contributed by atoms with Gasteiger partial charge in [-0.3, -0.25) is 13.9 Å². The molecular weight excluding hydrogens is 578 g/mol. The number of alkyl halides is 3. The Labute approximate surface area is 236 Å². The summed E-state index contributed by atoms with van der Waals surface area (Å²) in [6.07, 6.45) is 0.645. The van der Waals surface area contributed by atoms with Crippen LogP contribution in [0.15, 0.2) is 42.5 Å². The number of hydrogen-bond acceptors (Lipinski definition) is 4. The lowest BCUT2D eigenvalue weighted by atomic mass is 9.95. The van der Waals surface area contributed by atoms with Gasteiger partial charge >= 0.3 is 6.18 Å². The Morgan fingerprint density at radius 1 is 1.05 bits per heavy atom.